The summed E-state index contributed by atoms with van der Waals surface area (Å²) in [6, 6.07) is 3.95. The van der Waals surface area contributed by atoms with Gasteiger partial charge >= 0.3 is 0 Å². The minimum Gasteiger partial charge on any atom is -0.379 e. The molecule has 192 valence electrons. The molecule has 0 unspecified atom stereocenters. The average Bonchev–Trinajstić information content (AvgIpc) is 2.78. The number of pyridine rings is 1. The second-order valence-corrected chi connectivity index (χ2v) is 10.1. The molecule has 1 aromatic heterocycles. The topological polar surface area (TPSA) is 52.2 Å². The Hall–Kier alpha value is -1.03. The molecule has 4 heterocycles. The number of hydrogen-bond donors (Lipinski definition) is 0. The summed E-state index contributed by atoms with van der Waals surface area (Å²) < 4.78 is 5.10. The largest absolute Gasteiger partial charge is 0.379 e. The minimum absolute atomic E-state index is 0.167. The van der Waals surface area contributed by atoms with Gasteiger partial charge < -0.3 is 29.1 Å². The Bertz CT molecular complexity index is 529. The molecule has 8 heteroatoms. The van der Waals surface area contributed by atoms with Gasteiger partial charge in [-0.15, -0.1) is 0 Å². The van der Waals surface area contributed by atoms with E-state index in [2.05, 4.69) is 64.5 Å². The van der Waals surface area contributed by atoms with Gasteiger partial charge in [0.15, 0.2) is 0 Å². The predicted molar refractivity (Wildman–Crippen MR) is 143 cm³/mol. The summed E-state index contributed by atoms with van der Waals surface area (Å²) in [4.78, 5) is 22.7. The molecule has 1 aromatic rings. The van der Waals surface area contributed by atoms with Crippen LogP contribution < -0.4 is 0 Å². The van der Waals surface area contributed by atoms with E-state index < -0.39 is 0 Å². The number of carbonyl (C=O) groups is 1. The Morgan fingerprint density at radius 2 is 1.24 bits per heavy atom. The second-order valence-electron chi connectivity index (χ2n) is 8.88. The smallest absolute Gasteiger partial charge is 0.126 e. The van der Waals surface area contributed by atoms with Crippen LogP contribution >= 0.6 is 11.8 Å². The first-order valence-corrected chi connectivity index (χ1v) is 13.1. The third-order valence-corrected chi connectivity index (χ3v) is 5.95. The second kappa shape index (κ2) is 21.5. The third kappa shape index (κ3) is 23.9. The summed E-state index contributed by atoms with van der Waals surface area (Å²) in [5.74, 6) is 2.83. The zero-order valence-corrected chi connectivity index (χ0v) is 23.1. The Morgan fingerprint density at radius 1 is 0.818 bits per heavy atom. The van der Waals surface area contributed by atoms with Gasteiger partial charge in [-0.2, -0.15) is 11.8 Å². The quantitative estimate of drug-likeness (QED) is 0.558. The van der Waals surface area contributed by atoms with Gasteiger partial charge in [-0.3, -0.25) is 4.98 Å². The van der Waals surface area contributed by atoms with Crippen LogP contribution in [0, 0.1) is 6.92 Å². The van der Waals surface area contributed by atoms with Gasteiger partial charge in [0.05, 0.1) is 13.2 Å². The molecule has 0 aliphatic carbocycles. The van der Waals surface area contributed by atoms with Crippen LogP contribution in [-0.2, 0) is 9.53 Å². The van der Waals surface area contributed by atoms with Gasteiger partial charge in [-0.05, 0) is 60.6 Å². The lowest BCUT2D eigenvalue weighted by atomic mass is 10.3. The highest BCUT2D eigenvalue weighted by Gasteiger charge is 2.07. The summed E-state index contributed by atoms with van der Waals surface area (Å²) in [5.41, 5.74) is 1.21. The molecule has 3 aliphatic heterocycles. The molecule has 0 saturated carbocycles. The number of morpholine rings is 1. The van der Waals surface area contributed by atoms with E-state index in [1.165, 1.54) is 70.2 Å². The van der Waals surface area contributed by atoms with E-state index in [1.807, 2.05) is 25.3 Å². The van der Waals surface area contributed by atoms with Crippen molar-refractivity contribution in [1.82, 2.24) is 24.6 Å². The standard InChI is InChI=1S/C6H14N2.C6H7N.C5H11NO.C5H11NS.C3H6O/c1-7-3-5-8(2)6-4-7;1-6-3-2-4-7-5-6;2*1-6-2-4-7-5-3-6;1-3(2)4/h3-6H2,1-2H3;2-5H,1H3;2*2-5H2,1H3;1-2H3. The average molecular weight is 484 g/mol. The number of likely N-dealkylation sites (N-methyl/N-ethyl adjacent to an activating group) is 3. The fourth-order valence-corrected chi connectivity index (χ4v) is 3.75. The Morgan fingerprint density at radius 3 is 1.48 bits per heavy atom. The van der Waals surface area contributed by atoms with Gasteiger partial charge in [-0.1, -0.05) is 6.07 Å². The molecule has 3 saturated heterocycles. The fraction of sp³-hybridized carbons (Fsp3) is 0.760. The van der Waals surface area contributed by atoms with Crippen LogP contribution in [0.15, 0.2) is 24.5 Å². The lowest BCUT2D eigenvalue weighted by Crippen LogP contribution is -2.42. The molecule has 7 nitrogen and oxygen atoms in total. The molecule has 4 rings (SSSR count). The fourth-order valence-electron chi connectivity index (χ4n) is 2.66. The van der Waals surface area contributed by atoms with Crippen LogP contribution in [0.25, 0.3) is 0 Å². The monoisotopic (exact) mass is 483 g/mol. The van der Waals surface area contributed by atoms with Crippen molar-refractivity contribution in [3.05, 3.63) is 30.1 Å². The van der Waals surface area contributed by atoms with Crippen molar-refractivity contribution in [3.8, 4) is 0 Å². The third-order valence-electron chi connectivity index (χ3n) is 5.01. The molecule has 0 spiro atoms. The van der Waals surface area contributed by atoms with Crippen LogP contribution in [0.1, 0.15) is 19.4 Å². The maximum atomic E-state index is 9.44. The lowest BCUT2D eigenvalue weighted by molar-refractivity contribution is -0.114. The lowest BCUT2D eigenvalue weighted by Gasteiger charge is -2.28. The van der Waals surface area contributed by atoms with Crippen LogP contribution in [0.5, 0.6) is 0 Å². The zero-order valence-electron chi connectivity index (χ0n) is 22.3. The maximum Gasteiger partial charge on any atom is 0.126 e. The number of Topliss-reactive ketones (excluding diaryl/α,β-unsaturated/α-hetero) is 1. The first-order chi connectivity index (χ1) is 15.7. The van der Waals surface area contributed by atoms with E-state index in [-0.39, 0.29) is 5.78 Å². The van der Waals surface area contributed by atoms with Crippen LogP contribution in [0.2, 0.25) is 0 Å². The number of hydrogen-bond acceptors (Lipinski definition) is 8. The molecule has 0 atom stereocenters. The van der Waals surface area contributed by atoms with Crippen molar-refractivity contribution in [1.29, 1.82) is 0 Å². The van der Waals surface area contributed by atoms with Crippen LogP contribution in [0.3, 0.4) is 0 Å². The minimum atomic E-state index is 0.167. The number of piperazine rings is 1. The van der Waals surface area contributed by atoms with Crippen molar-refractivity contribution in [2.45, 2.75) is 20.8 Å². The van der Waals surface area contributed by atoms with Crippen molar-refractivity contribution in [3.63, 3.8) is 0 Å². The molecule has 0 amide bonds. The number of aryl methyl sites for hydroxylation is 1. The SMILES string of the molecule is CC(C)=O.CN1CCN(C)CC1.CN1CCOCC1.CN1CCSCC1.Cc1cccnc1. The van der Waals surface area contributed by atoms with Gasteiger partial charge in [0, 0.05) is 76.3 Å². The van der Waals surface area contributed by atoms with Crippen molar-refractivity contribution < 1.29 is 9.53 Å². The normalized spacial score (nSPS) is 19.7. The number of thioether (sulfide) groups is 1. The number of carbonyl (C=O) groups excluding carboxylic acids is 1. The van der Waals surface area contributed by atoms with E-state index in [9.17, 15) is 4.79 Å². The first kappa shape index (κ1) is 32.0. The number of ketones is 1. The molecular formula is C25H49N5O2S. The Balaban J connectivity index is 0.000000394. The molecule has 0 bridgehead atoms. The van der Waals surface area contributed by atoms with Gasteiger partial charge in [0.1, 0.15) is 5.78 Å². The number of nitrogens with zero attached hydrogens (tertiary/aromatic N) is 5. The number of ether oxygens (including phenoxy) is 1. The molecular weight excluding hydrogens is 434 g/mol. The highest BCUT2D eigenvalue weighted by Crippen LogP contribution is 2.05. The number of rotatable bonds is 0. The van der Waals surface area contributed by atoms with Crippen molar-refractivity contribution in [2.75, 3.05) is 105 Å². The summed E-state index contributed by atoms with van der Waals surface area (Å²) in [6.45, 7) is 16.6. The Kier molecular flexibility index (Phi) is 20.8. The number of aromatic nitrogens is 1. The molecule has 3 fully saturated rings. The molecule has 0 radical (unpaired) electrons. The van der Waals surface area contributed by atoms with Crippen LogP contribution in [0.4, 0.5) is 0 Å². The van der Waals surface area contributed by atoms with Crippen molar-refractivity contribution in [2.24, 2.45) is 0 Å². The maximum absolute atomic E-state index is 9.44. The van der Waals surface area contributed by atoms with Gasteiger partial charge in [-0.25, -0.2) is 0 Å². The highest BCUT2D eigenvalue weighted by atomic mass is 32.2. The summed E-state index contributed by atoms with van der Waals surface area (Å²) >= 11 is 2.06. The summed E-state index contributed by atoms with van der Waals surface area (Å²) in [5, 5.41) is 0. The van der Waals surface area contributed by atoms with Gasteiger partial charge in [0.25, 0.3) is 0 Å². The van der Waals surface area contributed by atoms with E-state index in [4.69, 9.17) is 4.74 Å². The summed E-state index contributed by atoms with van der Waals surface area (Å²) in [7, 11) is 8.64. The van der Waals surface area contributed by atoms with Crippen LogP contribution in [-0.4, -0.2) is 136 Å². The predicted octanol–water partition coefficient (Wildman–Crippen LogP) is 2.46. The Labute approximate surface area is 207 Å². The highest BCUT2D eigenvalue weighted by molar-refractivity contribution is 7.99. The molecule has 3 aliphatic rings. The van der Waals surface area contributed by atoms with E-state index in [1.54, 1.807) is 6.20 Å². The van der Waals surface area contributed by atoms with Crippen molar-refractivity contribution >= 4 is 17.5 Å². The van der Waals surface area contributed by atoms with E-state index in [0.29, 0.717) is 0 Å². The molecule has 33 heavy (non-hydrogen) atoms. The summed E-state index contributed by atoms with van der Waals surface area (Å²) in [6.07, 6.45) is 3.60. The molecule has 0 N–H and O–H groups in total. The van der Waals surface area contributed by atoms with E-state index in [0.717, 1.165) is 26.3 Å². The zero-order chi connectivity index (χ0) is 24.9. The first-order valence-electron chi connectivity index (χ1n) is 11.9. The van der Waals surface area contributed by atoms with Gasteiger partial charge in [0.2, 0.25) is 0 Å². The van der Waals surface area contributed by atoms with E-state index >= 15 is 0 Å². The molecule has 0 aromatic carbocycles.